The van der Waals surface area contributed by atoms with Gasteiger partial charge in [0.1, 0.15) is 0 Å². The fourth-order valence-electron chi connectivity index (χ4n) is 2.44. The van der Waals surface area contributed by atoms with Crippen molar-refractivity contribution in [2.45, 2.75) is 24.7 Å². The van der Waals surface area contributed by atoms with Gasteiger partial charge in [0, 0.05) is 18.4 Å². The third-order valence-electron chi connectivity index (χ3n) is 3.52. The topological polar surface area (TPSA) is 29.1 Å². The number of rotatable bonds is 3. The molecule has 1 fully saturated rings. The van der Waals surface area contributed by atoms with E-state index in [1.807, 2.05) is 18.2 Å². The zero-order valence-corrected chi connectivity index (χ0v) is 11.5. The number of hydrogen-bond donors (Lipinski definition) is 1. The Morgan fingerprint density at radius 3 is 2.72 bits per heavy atom. The van der Waals surface area contributed by atoms with Gasteiger partial charge in [-0.3, -0.25) is 4.79 Å². The normalized spacial score (nSPS) is 23.6. The van der Waals surface area contributed by atoms with Crippen LogP contribution in [0.15, 0.2) is 30.9 Å². The quantitative estimate of drug-likeness (QED) is 0.842. The lowest BCUT2D eigenvalue weighted by molar-refractivity contribution is -0.123. The summed E-state index contributed by atoms with van der Waals surface area (Å²) in [6, 6.07) is 5.68. The lowest BCUT2D eigenvalue weighted by Gasteiger charge is -2.37. The Morgan fingerprint density at radius 2 is 2.17 bits per heavy atom. The van der Waals surface area contributed by atoms with E-state index in [4.69, 9.17) is 23.2 Å². The molecule has 1 saturated heterocycles. The van der Waals surface area contributed by atoms with E-state index in [9.17, 15) is 4.79 Å². The largest absolute Gasteiger partial charge is 0.355 e. The molecule has 1 heterocycles. The average molecular weight is 284 g/mol. The van der Waals surface area contributed by atoms with E-state index in [0.717, 1.165) is 18.4 Å². The summed E-state index contributed by atoms with van der Waals surface area (Å²) in [5, 5.41) is 4.03. The molecule has 1 N–H and O–H groups in total. The lowest BCUT2D eigenvalue weighted by atomic mass is 9.72. The predicted molar refractivity (Wildman–Crippen MR) is 75.2 cm³/mol. The third kappa shape index (κ3) is 2.55. The summed E-state index contributed by atoms with van der Waals surface area (Å²) in [7, 11) is 0. The number of piperidine rings is 1. The van der Waals surface area contributed by atoms with Crippen LogP contribution in [0.25, 0.3) is 0 Å². The number of carbonyl (C=O) groups is 1. The molecule has 18 heavy (non-hydrogen) atoms. The van der Waals surface area contributed by atoms with Gasteiger partial charge >= 0.3 is 0 Å². The summed E-state index contributed by atoms with van der Waals surface area (Å²) < 4.78 is 0. The highest BCUT2D eigenvalue weighted by Gasteiger charge is 2.35. The van der Waals surface area contributed by atoms with E-state index >= 15 is 0 Å². The second-order valence-corrected chi connectivity index (χ2v) is 5.49. The Balaban J connectivity index is 2.37. The van der Waals surface area contributed by atoms with Crippen LogP contribution in [-0.4, -0.2) is 12.5 Å². The van der Waals surface area contributed by atoms with Crippen molar-refractivity contribution in [1.29, 1.82) is 0 Å². The maximum absolute atomic E-state index is 11.3. The zero-order valence-electron chi connectivity index (χ0n) is 10.0. The van der Waals surface area contributed by atoms with Gasteiger partial charge in [-0.05, 0) is 30.5 Å². The minimum Gasteiger partial charge on any atom is -0.355 e. The third-order valence-corrected chi connectivity index (χ3v) is 4.26. The number of benzene rings is 1. The molecule has 0 unspecified atom stereocenters. The summed E-state index contributed by atoms with van der Waals surface area (Å²) in [4.78, 5) is 11.3. The van der Waals surface area contributed by atoms with Crippen LogP contribution in [0, 0.1) is 0 Å². The molecule has 1 aromatic carbocycles. The maximum Gasteiger partial charge on any atom is 0.220 e. The van der Waals surface area contributed by atoms with E-state index in [1.165, 1.54) is 0 Å². The Labute approximate surface area is 117 Å². The summed E-state index contributed by atoms with van der Waals surface area (Å²) >= 11 is 12.0. The van der Waals surface area contributed by atoms with Gasteiger partial charge in [-0.15, -0.1) is 6.58 Å². The van der Waals surface area contributed by atoms with Crippen LogP contribution in [0.3, 0.4) is 0 Å². The van der Waals surface area contributed by atoms with E-state index in [0.29, 0.717) is 23.0 Å². The second-order valence-electron chi connectivity index (χ2n) is 4.68. The standard InChI is InChI=1S/C14H15Cl2NO/c1-2-6-14(7-5-13(18)17-9-14)10-3-4-11(15)12(16)8-10/h2-4,8H,1,5-7,9H2,(H,17,18)/t14-/m0/s1. The van der Waals surface area contributed by atoms with Gasteiger partial charge in [-0.1, -0.05) is 35.3 Å². The molecule has 1 aliphatic heterocycles. The molecule has 0 bridgehead atoms. The molecule has 0 radical (unpaired) electrons. The minimum absolute atomic E-state index is 0.106. The fourth-order valence-corrected chi connectivity index (χ4v) is 2.74. The highest BCUT2D eigenvalue weighted by atomic mass is 35.5. The van der Waals surface area contributed by atoms with Crippen molar-refractivity contribution in [3.05, 3.63) is 46.5 Å². The number of carbonyl (C=O) groups excluding carboxylic acids is 1. The van der Waals surface area contributed by atoms with Crippen molar-refractivity contribution in [3.63, 3.8) is 0 Å². The van der Waals surface area contributed by atoms with Crippen molar-refractivity contribution in [3.8, 4) is 0 Å². The second kappa shape index (κ2) is 5.33. The summed E-state index contributed by atoms with van der Waals surface area (Å²) in [6.45, 7) is 4.43. The first-order valence-corrected chi connectivity index (χ1v) is 6.66. The molecular weight excluding hydrogens is 269 g/mol. The van der Waals surface area contributed by atoms with Gasteiger partial charge in [-0.2, -0.15) is 0 Å². The summed E-state index contributed by atoms with van der Waals surface area (Å²) in [5.41, 5.74) is 1.00. The first-order valence-electron chi connectivity index (χ1n) is 5.90. The van der Waals surface area contributed by atoms with Gasteiger partial charge in [0.15, 0.2) is 0 Å². The van der Waals surface area contributed by atoms with E-state index in [1.54, 1.807) is 6.07 Å². The van der Waals surface area contributed by atoms with Gasteiger partial charge in [0.2, 0.25) is 5.91 Å². The smallest absolute Gasteiger partial charge is 0.220 e. The summed E-state index contributed by atoms with van der Waals surface area (Å²) in [6.07, 6.45) is 4.04. The molecule has 2 rings (SSSR count). The van der Waals surface area contributed by atoms with Crippen LogP contribution in [-0.2, 0) is 10.2 Å². The first-order chi connectivity index (χ1) is 8.57. The monoisotopic (exact) mass is 283 g/mol. The first kappa shape index (κ1) is 13.4. The van der Waals surface area contributed by atoms with Crippen LogP contribution >= 0.6 is 23.2 Å². The van der Waals surface area contributed by atoms with Crippen LogP contribution in [0.1, 0.15) is 24.8 Å². The number of amides is 1. The lowest BCUT2D eigenvalue weighted by Crippen LogP contribution is -2.45. The minimum atomic E-state index is -0.107. The molecule has 96 valence electrons. The Bertz CT molecular complexity index is 475. The molecule has 0 aromatic heterocycles. The molecule has 1 aliphatic rings. The van der Waals surface area contributed by atoms with Crippen molar-refractivity contribution >= 4 is 29.1 Å². The fraction of sp³-hybridized carbons (Fsp3) is 0.357. The molecule has 1 aromatic rings. The summed E-state index contributed by atoms with van der Waals surface area (Å²) in [5.74, 6) is 0.106. The van der Waals surface area contributed by atoms with Crippen LogP contribution in [0.2, 0.25) is 10.0 Å². The molecule has 2 nitrogen and oxygen atoms in total. The Kier molecular flexibility index (Phi) is 3.98. The Hall–Kier alpha value is -0.990. The average Bonchev–Trinajstić information content (AvgIpc) is 2.36. The van der Waals surface area contributed by atoms with E-state index in [2.05, 4.69) is 11.9 Å². The molecule has 0 spiro atoms. The van der Waals surface area contributed by atoms with Crippen LogP contribution in [0.4, 0.5) is 0 Å². The van der Waals surface area contributed by atoms with Gasteiger partial charge in [0.25, 0.3) is 0 Å². The van der Waals surface area contributed by atoms with Crippen LogP contribution in [0.5, 0.6) is 0 Å². The zero-order chi connectivity index (χ0) is 13.2. The molecule has 1 amide bonds. The molecule has 0 saturated carbocycles. The number of halogens is 2. The van der Waals surface area contributed by atoms with Crippen molar-refractivity contribution < 1.29 is 4.79 Å². The van der Waals surface area contributed by atoms with Crippen molar-refractivity contribution in [1.82, 2.24) is 5.32 Å². The van der Waals surface area contributed by atoms with Gasteiger partial charge in [-0.25, -0.2) is 0 Å². The van der Waals surface area contributed by atoms with Crippen molar-refractivity contribution in [2.24, 2.45) is 0 Å². The molecular formula is C14H15Cl2NO. The molecule has 0 aliphatic carbocycles. The number of allylic oxidation sites excluding steroid dienone is 1. The number of hydrogen-bond acceptors (Lipinski definition) is 1. The highest BCUT2D eigenvalue weighted by Crippen LogP contribution is 2.37. The number of nitrogens with one attached hydrogen (secondary N) is 1. The maximum atomic E-state index is 11.3. The highest BCUT2D eigenvalue weighted by molar-refractivity contribution is 6.42. The van der Waals surface area contributed by atoms with Gasteiger partial charge < -0.3 is 5.32 Å². The van der Waals surface area contributed by atoms with Crippen LogP contribution < -0.4 is 5.32 Å². The van der Waals surface area contributed by atoms with E-state index < -0.39 is 0 Å². The molecule has 4 heteroatoms. The predicted octanol–water partition coefficient (Wildman–Crippen LogP) is 3.72. The SMILES string of the molecule is C=CC[C@]1(c2ccc(Cl)c(Cl)c2)CCC(=O)NC1. The van der Waals surface area contributed by atoms with Crippen molar-refractivity contribution in [2.75, 3.05) is 6.54 Å². The Morgan fingerprint density at radius 1 is 1.39 bits per heavy atom. The molecule has 1 atom stereocenters. The van der Waals surface area contributed by atoms with E-state index in [-0.39, 0.29) is 11.3 Å². The van der Waals surface area contributed by atoms with Gasteiger partial charge in [0.05, 0.1) is 10.0 Å².